The van der Waals surface area contributed by atoms with Gasteiger partial charge in [-0.05, 0) is 12.1 Å². The van der Waals surface area contributed by atoms with Gasteiger partial charge < -0.3 is 0 Å². The molecule has 1 aromatic heterocycles. The first-order valence-electron chi connectivity index (χ1n) is 6.67. The lowest BCUT2D eigenvalue weighted by atomic mass is 10.3. The minimum absolute atomic E-state index is 0.0786. The number of thioether (sulfide) groups is 1. The highest BCUT2D eigenvalue weighted by atomic mass is 32.2. The van der Waals surface area contributed by atoms with Crippen molar-refractivity contribution in [2.75, 3.05) is 12.3 Å². The summed E-state index contributed by atoms with van der Waals surface area (Å²) in [5.41, 5.74) is 0.985. The standard InChI is InChI=1S/C14H14N4O2S/c19-12-6-7-13(20)17(12)8-9-21-14-16-15-10-18(14)11-4-2-1-3-5-11/h1-5,10H,6-9H2. The van der Waals surface area contributed by atoms with Crippen LogP contribution in [0.4, 0.5) is 0 Å². The molecule has 0 aliphatic carbocycles. The second-order valence-electron chi connectivity index (χ2n) is 4.61. The summed E-state index contributed by atoms with van der Waals surface area (Å²) in [6.07, 6.45) is 2.33. The maximum Gasteiger partial charge on any atom is 0.229 e. The minimum atomic E-state index is -0.0786. The Labute approximate surface area is 126 Å². The molecular formula is C14H14N4O2S. The van der Waals surface area contributed by atoms with Crippen LogP contribution < -0.4 is 0 Å². The van der Waals surface area contributed by atoms with Crippen molar-refractivity contribution in [3.05, 3.63) is 36.7 Å². The van der Waals surface area contributed by atoms with Gasteiger partial charge in [-0.25, -0.2) is 0 Å². The van der Waals surface area contributed by atoms with Crippen LogP contribution in [-0.2, 0) is 9.59 Å². The fraction of sp³-hybridized carbons (Fsp3) is 0.286. The first-order chi connectivity index (χ1) is 10.3. The average Bonchev–Trinajstić information content (AvgIpc) is 3.09. The Kier molecular flexibility index (Phi) is 4.01. The number of likely N-dealkylation sites (tertiary alicyclic amines) is 1. The third kappa shape index (κ3) is 2.97. The Hall–Kier alpha value is -2.15. The molecule has 7 heteroatoms. The topological polar surface area (TPSA) is 68.1 Å². The quantitative estimate of drug-likeness (QED) is 0.618. The number of benzene rings is 1. The molecule has 6 nitrogen and oxygen atoms in total. The smallest absolute Gasteiger partial charge is 0.229 e. The van der Waals surface area contributed by atoms with Crippen molar-refractivity contribution in [2.24, 2.45) is 0 Å². The fourth-order valence-corrected chi connectivity index (χ4v) is 3.04. The Balaban J connectivity index is 1.63. The van der Waals surface area contributed by atoms with Gasteiger partial charge in [0.05, 0.1) is 0 Å². The predicted molar refractivity (Wildman–Crippen MR) is 78.0 cm³/mol. The maximum atomic E-state index is 11.5. The van der Waals surface area contributed by atoms with Gasteiger partial charge in [0.15, 0.2) is 5.16 Å². The van der Waals surface area contributed by atoms with Crippen LogP contribution in [0.5, 0.6) is 0 Å². The molecule has 108 valence electrons. The molecule has 1 aliphatic heterocycles. The molecule has 21 heavy (non-hydrogen) atoms. The van der Waals surface area contributed by atoms with E-state index in [0.717, 1.165) is 10.8 Å². The number of carbonyl (C=O) groups excluding carboxylic acids is 2. The lowest BCUT2D eigenvalue weighted by Crippen LogP contribution is -2.31. The average molecular weight is 302 g/mol. The molecule has 0 radical (unpaired) electrons. The molecule has 1 saturated heterocycles. The van der Waals surface area contributed by atoms with Crippen molar-refractivity contribution in [1.82, 2.24) is 19.7 Å². The molecule has 0 unspecified atom stereocenters. The van der Waals surface area contributed by atoms with Crippen molar-refractivity contribution < 1.29 is 9.59 Å². The number of amides is 2. The van der Waals surface area contributed by atoms with E-state index in [2.05, 4.69) is 10.2 Å². The van der Waals surface area contributed by atoms with Crippen LogP contribution in [0.25, 0.3) is 5.69 Å². The Morgan fingerprint density at radius 1 is 1.10 bits per heavy atom. The van der Waals surface area contributed by atoms with Crippen LogP contribution in [0, 0.1) is 0 Å². The number of hydrogen-bond acceptors (Lipinski definition) is 5. The van der Waals surface area contributed by atoms with Gasteiger partial charge in [-0.15, -0.1) is 10.2 Å². The predicted octanol–water partition coefficient (Wildman–Crippen LogP) is 1.51. The minimum Gasteiger partial charge on any atom is -0.282 e. The summed E-state index contributed by atoms with van der Waals surface area (Å²) >= 11 is 1.48. The van der Waals surface area contributed by atoms with Crippen LogP contribution in [0.15, 0.2) is 41.8 Å². The number of para-hydroxylation sites is 1. The molecule has 1 aliphatic rings. The SMILES string of the molecule is O=C1CCC(=O)N1CCSc1nncn1-c1ccccc1. The maximum absolute atomic E-state index is 11.5. The van der Waals surface area contributed by atoms with E-state index in [0.29, 0.717) is 25.1 Å². The first kappa shape index (κ1) is 13.8. The normalized spacial score (nSPS) is 15.0. The molecule has 2 aromatic rings. The first-order valence-corrected chi connectivity index (χ1v) is 7.66. The number of aromatic nitrogens is 3. The summed E-state index contributed by atoms with van der Waals surface area (Å²) in [6.45, 7) is 0.421. The molecule has 0 N–H and O–H groups in total. The van der Waals surface area contributed by atoms with E-state index in [1.807, 2.05) is 34.9 Å². The van der Waals surface area contributed by atoms with Gasteiger partial charge in [-0.1, -0.05) is 30.0 Å². The third-order valence-corrected chi connectivity index (χ3v) is 4.17. The van der Waals surface area contributed by atoms with Crippen molar-refractivity contribution in [2.45, 2.75) is 18.0 Å². The molecule has 2 amide bonds. The molecule has 2 heterocycles. The van der Waals surface area contributed by atoms with Crippen LogP contribution >= 0.6 is 11.8 Å². The van der Waals surface area contributed by atoms with E-state index in [9.17, 15) is 9.59 Å². The van der Waals surface area contributed by atoms with Gasteiger partial charge in [0.1, 0.15) is 6.33 Å². The molecule has 1 aromatic carbocycles. The largest absolute Gasteiger partial charge is 0.282 e. The molecule has 0 bridgehead atoms. The second-order valence-corrected chi connectivity index (χ2v) is 5.67. The van der Waals surface area contributed by atoms with Gasteiger partial charge in [0.2, 0.25) is 11.8 Å². The molecule has 0 saturated carbocycles. The number of nitrogens with zero attached hydrogens (tertiary/aromatic N) is 4. The zero-order chi connectivity index (χ0) is 14.7. The lowest BCUT2D eigenvalue weighted by Gasteiger charge is -2.13. The molecule has 3 rings (SSSR count). The zero-order valence-electron chi connectivity index (χ0n) is 11.3. The summed E-state index contributed by atoms with van der Waals surface area (Å²) in [4.78, 5) is 24.4. The number of carbonyl (C=O) groups is 2. The summed E-state index contributed by atoms with van der Waals surface area (Å²) in [6, 6.07) is 9.80. The Bertz CT molecular complexity index is 640. The van der Waals surface area contributed by atoms with Crippen molar-refractivity contribution in [1.29, 1.82) is 0 Å². The second kappa shape index (κ2) is 6.09. The monoisotopic (exact) mass is 302 g/mol. The van der Waals surface area contributed by atoms with Gasteiger partial charge in [-0.2, -0.15) is 0 Å². The summed E-state index contributed by atoms with van der Waals surface area (Å²) in [5, 5.41) is 8.76. The number of hydrogen-bond donors (Lipinski definition) is 0. The van der Waals surface area contributed by atoms with Gasteiger partial charge in [-0.3, -0.25) is 19.1 Å². The van der Waals surface area contributed by atoms with Crippen LogP contribution in [0.1, 0.15) is 12.8 Å². The zero-order valence-corrected chi connectivity index (χ0v) is 12.1. The van der Waals surface area contributed by atoms with E-state index >= 15 is 0 Å². The fourth-order valence-electron chi connectivity index (χ4n) is 2.19. The summed E-state index contributed by atoms with van der Waals surface area (Å²) < 4.78 is 1.89. The van der Waals surface area contributed by atoms with Crippen molar-refractivity contribution >= 4 is 23.6 Å². The summed E-state index contributed by atoms with van der Waals surface area (Å²) in [7, 11) is 0. The van der Waals surface area contributed by atoms with Gasteiger partial charge in [0, 0.05) is 30.8 Å². The number of imide groups is 1. The Morgan fingerprint density at radius 2 is 1.81 bits per heavy atom. The van der Waals surface area contributed by atoms with Crippen molar-refractivity contribution in [3.8, 4) is 5.69 Å². The lowest BCUT2D eigenvalue weighted by molar-refractivity contribution is -0.137. The molecule has 0 spiro atoms. The summed E-state index contributed by atoms with van der Waals surface area (Å²) in [5.74, 6) is 0.457. The number of rotatable bonds is 5. The van der Waals surface area contributed by atoms with Gasteiger partial charge >= 0.3 is 0 Å². The van der Waals surface area contributed by atoms with E-state index in [1.54, 1.807) is 6.33 Å². The molecule has 1 fully saturated rings. The van der Waals surface area contributed by atoms with Crippen LogP contribution in [-0.4, -0.2) is 43.8 Å². The van der Waals surface area contributed by atoms with Crippen LogP contribution in [0.2, 0.25) is 0 Å². The molecular weight excluding hydrogens is 288 g/mol. The molecule has 0 atom stereocenters. The highest BCUT2D eigenvalue weighted by Gasteiger charge is 2.28. The Morgan fingerprint density at radius 3 is 2.52 bits per heavy atom. The highest BCUT2D eigenvalue weighted by Crippen LogP contribution is 2.20. The van der Waals surface area contributed by atoms with E-state index in [-0.39, 0.29) is 11.8 Å². The van der Waals surface area contributed by atoms with E-state index < -0.39 is 0 Å². The van der Waals surface area contributed by atoms with Crippen LogP contribution in [0.3, 0.4) is 0 Å². The third-order valence-electron chi connectivity index (χ3n) is 3.25. The van der Waals surface area contributed by atoms with Crippen molar-refractivity contribution in [3.63, 3.8) is 0 Å². The highest BCUT2D eigenvalue weighted by molar-refractivity contribution is 7.99. The van der Waals surface area contributed by atoms with E-state index in [1.165, 1.54) is 16.7 Å². The van der Waals surface area contributed by atoms with Gasteiger partial charge in [0.25, 0.3) is 0 Å². The van der Waals surface area contributed by atoms with E-state index in [4.69, 9.17) is 0 Å².